The first-order chi connectivity index (χ1) is 10.7. The van der Waals surface area contributed by atoms with E-state index < -0.39 is 5.41 Å². The summed E-state index contributed by atoms with van der Waals surface area (Å²) in [5, 5.41) is 26.0. The van der Waals surface area contributed by atoms with Gasteiger partial charge < -0.3 is 15.3 Å². The lowest BCUT2D eigenvalue weighted by molar-refractivity contribution is 0.00304. The van der Waals surface area contributed by atoms with Crippen molar-refractivity contribution in [2.45, 2.75) is 23.1 Å². The second-order valence-electron chi connectivity index (χ2n) is 5.06. The Labute approximate surface area is 136 Å². The lowest BCUT2D eigenvalue weighted by Crippen LogP contribution is -2.32. The first-order valence-electron chi connectivity index (χ1n) is 7.30. The van der Waals surface area contributed by atoms with Gasteiger partial charge in [-0.05, 0) is 30.7 Å². The summed E-state index contributed by atoms with van der Waals surface area (Å²) in [6.45, 7) is 1.35. The molecule has 0 aliphatic heterocycles. The van der Waals surface area contributed by atoms with Crippen LogP contribution in [0.3, 0.4) is 0 Å². The number of hydrogen-bond donors (Lipinski definition) is 3. The maximum absolute atomic E-state index is 8.66. The lowest BCUT2D eigenvalue weighted by Gasteiger charge is -2.24. The normalized spacial score (nSPS) is 10.7. The van der Waals surface area contributed by atoms with Crippen LogP contribution in [-0.4, -0.2) is 35.1 Å². The van der Waals surface area contributed by atoms with Crippen molar-refractivity contribution in [3.8, 4) is 0 Å². The Morgan fingerprint density at radius 1 is 0.727 bits per heavy atom. The fourth-order valence-corrected chi connectivity index (χ4v) is 2.46. The largest absolute Gasteiger partial charge is 0.396 e. The third kappa shape index (κ3) is 6.20. The van der Waals surface area contributed by atoms with Gasteiger partial charge in [0.15, 0.2) is 0 Å². The molecule has 0 atom stereocenters. The Morgan fingerprint density at radius 3 is 1.32 bits per heavy atom. The molecular weight excluding hydrogens is 296 g/mol. The predicted octanol–water partition coefficient (Wildman–Crippen LogP) is 3.20. The van der Waals surface area contributed by atoms with Crippen LogP contribution in [0.15, 0.2) is 70.5 Å². The maximum Gasteiger partial charge on any atom is 0.0531 e. The van der Waals surface area contributed by atoms with Crippen LogP contribution < -0.4 is 0 Å². The molecule has 2 rings (SSSR count). The number of aliphatic hydroxyl groups excluding tert-OH is 3. The molecule has 0 radical (unpaired) electrons. The van der Waals surface area contributed by atoms with Crippen LogP contribution in [0.4, 0.5) is 0 Å². The second kappa shape index (κ2) is 10.4. The van der Waals surface area contributed by atoms with Crippen molar-refractivity contribution >= 4 is 11.8 Å². The summed E-state index contributed by atoms with van der Waals surface area (Å²) >= 11 is 1.79. The molecule has 0 heterocycles. The molecule has 120 valence electrons. The molecule has 22 heavy (non-hydrogen) atoms. The Kier molecular flexibility index (Phi) is 8.85. The molecule has 0 fully saturated rings. The van der Waals surface area contributed by atoms with Gasteiger partial charge in [-0.2, -0.15) is 0 Å². The van der Waals surface area contributed by atoms with Crippen molar-refractivity contribution < 1.29 is 15.3 Å². The molecule has 0 amide bonds. The molecule has 0 bridgehead atoms. The van der Waals surface area contributed by atoms with E-state index in [9.17, 15) is 0 Å². The van der Waals surface area contributed by atoms with Gasteiger partial charge in [0.05, 0.1) is 19.8 Å². The molecule has 0 saturated carbocycles. The summed E-state index contributed by atoms with van der Waals surface area (Å²) in [7, 11) is 0. The quantitative estimate of drug-likeness (QED) is 0.765. The number of hydrogen-bond acceptors (Lipinski definition) is 4. The molecule has 0 spiro atoms. The van der Waals surface area contributed by atoms with Crippen LogP contribution in [0.2, 0.25) is 0 Å². The van der Waals surface area contributed by atoms with Gasteiger partial charge in [-0.1, -0.05) is 55.1 Å². The molecule has 0 unspecified atom stereocenters. The minimum absolute atomic E-state index is 0.156. The van der Waals surface area contributed by atoms with Gasteiger partial charge in [0.25, 0.3) is 0 Å². The molecule has 3 N–H and O–H groups in total. The molecular formula is C18H24O3S. The van der Waals surface area contributed by atoms with Gasteiger partial charge >= 0.3 is 0 Å². The Morgan fingerprint density at radius 2 is 1.09 bits per heavy atom. The van der Waals surface area contributed by atoms with Crippen molar-refractivity contribution in [1.82, 2.24) is 0 Å². The van der Waals surface area contributed by atoms with E-state index in [1.165, 1.54) is 9.79 Å². The lowest BCUT2D eigenvalue weighted by atomic mass is 9.88. The van der Waals surface area contributed by atoms with E-state index in [1.807, 2.05) is 19.1 Å². The van der Waals surface area contributed by atoms with Gasteiger partial charge in [0.1, 0.15) is 0 Å². The van der Waals surface area contributed by atoms with E-state index in [0.29, 0.717) is 6.42 Å². The van der Waals surface area contributed by atoms with Crippen molar-refractivity contribution in [3.05, 3.63) is 60.7 Å². The minimum Gasteiger partial charge on any atom is -0.396 e. The Balaban J connectivity index is 0.000000239. The molecule has 0 aliphatic carbocycles. The van der Waals surface area contributed by atoms with E-state index >= 15 is 0 Å². The zero-order chi connectivity index (χ0) is 16.3. The average molecular weight is 320 g/mol. The fraction of sp³-hybridized carbons (Fsp3) is 0.333. The van der Waals surface area contributed by atoms with E-state index in [1.54, 1.807) is 11.8 Å². The standard InChI is InChI=1S/C12H10S.C6H14O3/c1-3-7-11(8-4-1)13-12-9-5-2-6-10-12;1-2-6(3-7,4-8)5-9/h1-10H;7-9H,2-5H2,1H3. The number of benzene rings is 2. The first-order valence-corrected chi connectivity index (χ1v) is 8.12. The highest BCUT2D eigenvalue weighted by atomic mass is 32.2. The summed E-state index contributed by atoms with van der Waals surface area (Å²) in [5.41, 5.74) is -0.667. The topological polar surface area (TPSA) is 60.7 Å². The molecule has 4 heteroatoms. The first kappa shape index (κ1) is 18.7. The summed E-state index contributed by atoms with van der Waals surface area (Å²) in [6, 6.07) is 20.8. The highest BCUT2D eigenvalue weighted by molar-refractivity contribution is 7.99. The van der Waals surface area contributed by atoms with Crippen molar-refractivity contribution in [2.24, 2.45) is 5.41 Å². The van der Waals surface area contributed by atoms with Crippen LogP contribution in [0.1, 0.15) is 13.3 Å². The van der Waals surface area contributed by atoms with Crippen LogP contribution in [-0.2, 0) is 0 Å². The highest BCUT2D eigenvalue weighted by Gasteiger charge is 2.24. The van der Waals surface area contributed by atoms with Gasteiger partial charge in [-0.15, -0.1) is 0 Å². The van der Waals surface area contributed by atoms with Gasteiger partial charge in [0, 0.05) is 15.2 Å². The third-order valence-corrected chi connectivity index (χ3v) is 4.49. The number of rotatable bonds is 6. The minimum atomic E-state index is -0.667. The predicted molar refractivity (Wildman–Crippen MR) is 91.0 cm³/mol. The zero-order valence-corrected chi connectivity index (χ0v) is 13.7. The van der Waals surface area contributed by atoms with E-state index in [4.69, 9.17) is 15.3 Å². The Bertz CT molecular complexity index is 443. The third-order valence-electron chi connectivity index (χ3n) is 3.48. The maximum atomic E-state index is 8.66. The van der Waals surface area contributed by atoms with E-state index in [-0.39, 0.29) is 19.8 Å². The molecule has 0 aliphatic rings. The molecule has 3 nitrogen and oxygen atoms in total. The molecule has 0 aromatic heterocycles. The van der Waals surface area contributed by atoms with E-state index in [2.05, 4.69) is 48.5 Å². The van der Waals surface area contributed by atoms with Gasteiger partial charge in [0.2, 0.25) is 0 Å². The number of aliphatic hydroxyl groups is 3. The SMILES string of the molecule is CCC(CO)(CO)CO.c1ccc(Sc2ccccc2)cc1. The monoisotopic (exact) mass is 320 g/mol. The van der Waals surface area contributed by atoms with Gasteiger partial charge in [-0.25, -0.2) is 0 Å². The van der Waals surface area contributed by atoms with Crippen molar-refractivity contribution in [1.29, 1.82) is 0 Å². The van der Waals surface area contributed by atoms with Gasteiger partial charge in [-0.3, -0.25) is 0 Å². The summed E-state index contributed by atoms with van der Waals surface area (Å²) in [6.07, 6.45) is 0.594. The fourth-order valence-electron chi connectivity index (χ4n) is 1.60. The van der Waals surface area contributed by atoms with Crippen LogP contribution >= 0.6 is 11.8 Å². The Hall–Kier alpha value is -1.33. The van der Waals surface area contributed by atoms with Crippen molar-refractivity contribution in [2.75, 3.05) is 19.8 Å². The smallest absolute Gasteiger partial charge is 0.0531 e. The van der Waals surface area contributed by atoms with E-state index in [0.717, 1.165) is 0 Å². The van der Waals surface area contributed by atoms with Crippen LogP contribution in [0.5, 0.6) is 0 Å². The highest BCUT2D eigenvalue weighted by Crippen LogP contribution is 2.26. The molecule has 2 aromatic rings. The summed E-state index contributed by atoms with van der Waals surface area (Å²) < 4.78 is 0. The van der Waals surface area contributed by atoms with Crippen molar-refractivity contribution in [3.63, 3.8) is 0 Å². The summed E-state index contributed by atoms with van der Waals surface area (Å²) in [5.74, 6) is 0. The summed E-state index contributed by atoms with van der Waals surface area (Å²) in [4.78, 5) is 2.57. The zero-order valence-electron chi connectivity index (χ0n) is 12.9. The molecule has 2 aromatic carbocycles. The average Bonchev–Trinajstić information content (AvgIpc) is 2.60. The van der Waals surface area contributed by atoms with Crippen LogP contribution in [0, 0.1) is 5.41 Å². The molecule has 0 saturated heterocycles. The second-order valence-corrected chi connectivity index (χ2v) is 6.20. The van der Waals surface area contributed by atoms with Crippen LogP contribution in [0.25, 0.3) is 0 Å².